The Kier molecular flexibility index (Phi) is 4.38. The van der Waals surface area contributed by atoms with Crippen LogP contribution in [-0.4, -0.2) is 31.6 Å². The number of furan rings is 1. The largest absolute Gasteiger partial charge is 0.453 e. The number of rotatable bonds is 3. The number of hydrogen-bond donors (Lipinski definition) is 0. The Morgan fingerprint density at radius 3 is 2.43 bits per heavy atom. The minimum absolute atomic E-state index is 0.168. The van der Waals surface area contributed by atoms with Crippen LogP contribution in [0.2, 0.25) is 0 Å². The van der Waals surface area contributed by atoms with Gasteiger partial charge < -0.3 is 8.98 Å². The molecule has 0 amide bonds. The molecule has 0 saturated heterocycles. The summed E-state index contributed by atoms with van der Waals surface area (Å²) in [6.07, 6.45) is 7.70. The average molecular weight is 473 g/mol. The third-order valence-electron chi connectivity index (χ3n) is 6.42. The van der Waals surface area contributed by atoms with Gasteiger partial charge in [-0.3, -0.25) is 4.98 Å². The number of aromatic nitrogens is 4. The molecule has 0 spiro atoms. The summed E-state index contributed by atoms with van der Waals surface area (Å²) in [5.74, 6) is 4.95. The lowest BCUT2D eigenvalue weighted by Gasteiger charge is -2.08. The summed E-state index contributed by atoms with van der Waals surface area (Å²) in [4.78, 5) is 15.2. The van der Waals surface area contributed by atoms with E-state index < -0.39 is 0 Å². The van der Waals surface area contributed by atoms with Gasteiger partial charge in [-0.25, -0.2) is 9.97 Å². The first kappa shape index (κ1) is 20.1. The summed E-state index contributed by atoms with van der Waals surface area (Å²) < 4.78 is 8.76. The van der Waals surface area contributed by atoms with E-state index in [-0.39, 0.29) is 10.5 Å². The van der Waals surface area contributed by atoms with Crippen LogP contribution in [0.5, 0.6) is 0 Å². The highest BCUT2D eigenvalue weighted by Crippen LogP contribution is 2.40. The molecule has 4 aromatic heterocycles. The van der Waals surface area contributed by atoms with Gasteiger partial charge in [-0.15, -0.1) is 0 Å². The third kappa shape index (κ3) is 2.97. The molecule has 35 heavy (non-hydrogen) atoms. The summed E-state index contributed by atoms with van der Waals surface area (Å²) in [6, 6.07) is 24.6. The second kappa shape index (κ2) is 7.61. The second-order valence-corrected chi connectivity index (χ2v) is 10.3. The molecule has 1 atom stereocenters. The summed E-state index contributed by atoms with van der Waals surface area (Å²) in [7, 11) is -0.168. The van der Waals surface area contributed by atoms with Crippen LogP contribution in [0.1, 0.15) is 0 Å². The van der Waals surface area contributed by atoms with Crippen LogP contribution in [0.25, 0.3) is 61.0 Å². The van der Waals surface area contributed by atoms with Crippen molar-refractivity contribution >= 4 is 60.2 Å². The van der Waals surface area contributed by atoms with Gasteiger partial charge in [-0.2, -0.15) is 10.5 Å². The van der Waals surface area contributed by atoms with Crippen molar-refractivity contribution in [1.82, 2.24) is 19.5 Å². The number of para-hydroxylation sites is 2. The number of hydrogen-bond acceptors (Lipinski definition) is 4. The van der Waals surface area contributed by atoms with Crippen molar-refractivity contribution in [2.75, 3.05) is 6.26 Å². The van der Waals surface area contributed by atoms with Gasteiger partial charge in [0.15, 0.2) is 11.4 Å². The monoisotopic (exact) mass is 472 g/mol. The lowest BCUT2D eigenvalue weighted by Crippen LogP contribution is -1.96. The number of fused-ring (bicyclic) bond motifs is 6. The Bertz CT molecular complexity index is 1940. The summed E-state index contributed by atoms with van der Waals surface area (Å²) in [5.41, 5.74) is 6.46. The van der Waals surface area contributed by atoms with Gasteiger partial charge >= 0.3 is 0 Å². The standard InChI is InChI=1S/C29H20N4OS/c1-35(2)25-13-7-11-20-19-10-6-12-23(27(19)34-28(20)25)33-22-14-15-30-16-21(22)26-24(33)17-31-29(32-26)18-8-4-3-5-9-18/h3-17H,1H2,2H3. The van der Waals surface area contributed by atoms with Gasteiger partial charge in [0.05, 0.1) is 22.9 Å². The average Bonchev–Trinajstić information content (AvgIpc) is 3.44. The van der Waals surface area contributed by atoms with Crippen LogP contribution in [0, 0.1) is 0 Å². The predicted octanol–water partition coefficient (Wildman–Crippen LogP) is 7.22. The summed E-state index contributed by atoms with van der Waals surface area (Å²) >= 11 is 0. The fourth-order valence-electron chi connectivity index (χ4n) is 4.85. The molecule has 3 aromatic carbocycles. The van der Waals surface area contributed by atoms with Crippen molar-refractivity contribution in [3.8, 4) is 17.1 Å². The molecule has 6 heteroatoms. The van der Waals surface area contributed by atoms with Gasteiger partial charge in [-0.05, 0) is 24.5 Å². The van der Waals surface area contributed by atoms with Crippen molar-refractivity contribution < 1.29 is 4.42 Å². The maximum atomic E-state index is 6.58. The molecule has 1 unspecified atom stereocenters. The van der Waals surface area contributed by atoms with E-state index in [9.17, 15) is 0 Å². The Balaban J connectivity index is 1.57. The highest BCUT2D eigenvalue weighted by molar-refractivity contribution is 8.13. The summed E-state index contributed by atoms with van der Waals surface area (Å²) in [6.45, 7) is 0. The van der Waals surface area contributed by atoms with Crippen LogP contribution < -0.4 is 0 Å². The van der Waals surface area contributed by atoms with E-state index in [1.54, 1.807) is 0 Å². The zero-order valence-electron chi connectivity index (χ0n) is 19.0. The molecule has 0 aliphatic carbocycles. The molecule has 168 valence electrons. The molecule has 7 rings (SSSR count). The SMILES string of the molecule is C=S(C)c1cccc2c1oc1c(-n3c4ccncc4c4nc(-c5ccccc5)ncc43)cccc12. The predicted molar refractivity (Wildman–Crippen MR) is 146 cm³/mol. The van der Waals surface area contributed by atoms with Crippen molar-refractivity contribution in [3.63, 3.8) is 0 Å². The molecule has 0 radical (unpaired) electrons. The first-order valence-electron chi connectivity index (χ1n) is 11.3. The fourth-order valence-corrected chi connectivity index (χ4v) is 5.63. The Hall–Kier alpha value is -4.29. The van der Waals surface area contributed by atoms with Gasteiger partial charge in [0.2, 0.25) is 0 Å². The first-order valence-corrected chi connectivity index (χ1v) is 13.1. The second-order valence-electron chi connectivity index (χ2n) is 8.55. The van der Waals surface area contributed by atoms with E-state index >= 15 is 0 Å². The van der Waals surface area contributed by atoms with E-state index in [1.165, 1.54) is 0 Å². The minimum Gasteiger partial charge on any atom is -0.453 e. The third-order valence-corrected chi connectivity index (χ3v) is 7.49. The van der Waals surface area contributed by atoms with Crippen molar-refractivity contribution in [1.29, 1.82) is 0 Å². The minimum atomic E-state index is -0.168. The molecule has 0 fully saturated rings. The Morgan fingerprint density at radius 1 is 0.800 bits per heavy atom. The molecular formula is C29H20N4OS. The number of nitrogens with zero attached hydrogens (tertiary/aromatic N) is 4. The number of benzene rings is 3. The smallest absolute Gasteiger partial charge is 0.159 e. The molecule has 0 saturated carbocycles. The van der Waals surface area contributed by atoms with Crippen LogP contribution >= 0.6 is 10.5 Å². The quantitative estimate of drug-likeness (QED) is 0.255. The van der Waals surface area contributed by atoms with E-state index in [0.29, 0.717) is 5.82 Å². The van der Waals surface area contributed by atoms with E-state index in [2.05, 4.69) is 58.1 Å². The van der Waals surface area contributed by atoms with Crippen molar-refractivity contribution in [3.05, 3.63) is 91.4 Å². The molecule has 0 aliphatic heterocycles. The Morgan fingerprint density at radius 2 is 1.60 bits per heavy atom. The fraction of sp³-hybridized carbons (Fsp3) is 0.0345. The van der Waals surface area contributed by atoms with E-state index in [1.807, 2.05) is 55.0 Å². The maximum absolute atomic E-state index is 6.58. The molecule has 7 aromatic rings. The lowest BCUT2D eigenvalue weighted by atomic mass is 10.1. The normalized spacial score (nSPS) is 12.7. The molecular weight excluding hydrogens is 452 g/mol. The highest BCUT2D eigenvalue weighted by atomic mass is 32.2. The lowest BCUT2D eigenvalue weighted by molar-refractivity contribution is 0.658. The molecule has 5 nitrogen and oxygen atoms in total. The van der Waals surface area contributed by atoms with Gasteiger partial charge in [-0.1, -0.05) is 60.5 Å². The zero-order valence-corrected chi connectivity index (χ0v) is 19.8. The highest BCUT2D eigenvalue weighted by Gasteiger charge is 2.20. The van der Waals surface area contributed by atoms with Gasteiger partial charge in [0.1, 0.15) is 11.1 Å². The first-order chi connectivity index (χ1) is 17.2. The van der Waals surface area contributed by atoms with Gasteiger partial charge in [0, 0.05) is 39.0 Å². The number of pyridine rings is 1. The molecule has 0 bridgehead atoms. The van der Waals surface area contributed by atoms with Crippen LogP contribution in [0.15, 0.2) is 101 Å². The van der Waals surface area contributed by atoms with Crippen molar-refractivity contribution in [2.45, 2.75) is 4.90 Å². The summed E-state index contributed by atoms with van der Waals surface area (Å²) in [5, 5.41) is 3.16. The van der Waals surface area contributed by atoms with E-state index in [0.717, 1.165) is 60.0 Å². The topological polar surface area (TPSA) is 56.7 Å². The van der Waals surface area contributed by atoms with Crippen LogP contribution in [0.4, 0.5) is 0 Å². The molecule has 4 heterocycles. The van der Waals surface area contributed by atoms with Crippen molar-refractivity contribution in [2.24, 2.45) is 0 Å². The molecule has 0 aliphatic rings. The maximum Gasteiger partial charge on any atom is 0.159 e. The zero-order chi connectivity index (χ0) is 23.5. The van der Waals surface area contributed by atoms with Crippen LogP contribution in [-0.2, 0) is 0 Å². The Labute approximate surface area is 203 Å². The van der Waals surface area contributed by atoms with Gasteiger partial charge in [0.25, 0.3) is 0 Å². The van der Waals surface area contributed by atoms with E-state index in [4.69, 9.17) is 14.4 Å². The molecule has 0 N–H and O–H groups in total. The van der Waals surface area contributed by atoms with Crippen LogP contribution in [0.3, 0.4) is 0 Å².